The van der Waals surface area contributed by atoms with Crippen molar-refractivity contribution in [3.63, 3.8) is 0 Å². The van der Waals surface area contributed by atoms with Gasteiger partial charge in [-0.15, -0.1) is 0 Å². The third-order valence-electron chi connectivity index (χ3n) is 2.31. The molecule has 0 saturated heterocycles. The van der Waals surface area contributed by atoms with Gasteiger partial charge in [-0.2, -0.15) is 0 Å². The van der Waals surface area contributed by atoms with Gasteiger partial charge in [-0.25, -0.2) is 4.39 Å². The van der Waals surface area contributed by atoms with Gasteiger partial charge in [0.1, 0.15) is 5.58 Å². The van der Waals surface area contributed by atoms with E-state index in [0.717, 1.165) is 10.9 Å². The highest BCUT2D eigenvalue weighted by Crippen LogP contribution is 2.28. The molecule has 0 saturated carbocycles. The number of aliphatic hydroxyl groups excluding tert-OH is 1. The fourth-order valence-corrected chi connectivity index (χ4v) is 1.55. The van der Waals surface area contributed by atoms with Crippen molar-refractivity contribution in [2.75, 3.05) is 13.7 Å². The van der Waals surface area contributed by atoms with Crippen LogP contribution in [0.5, 0.6) is 5.75 Å². The van der Waals surface area contributed by atoms with Crippen molar-refractivity contribution in [1.29, 1.82) is 0 Å². The molecule has 0 amide bonds. The summed E-state index contributed by atoms with van der Waals surface area (Å²) in [5.41, 5.74) is 1.32. The van der Waals surface area contributed by atoms with Crippen molar-refractivity contribution in [3.8, 4) is 5.75 Å². The number of hydrogen-bond acceptors (Lipinski definition) is 3. The first-order chi connectivity index (χ1) is 7.26. The Kier molecular flexibility index (Phi) is 2.60. The van der Waals surface area contributed by atoms with Crippen LogP contribution in [0.25, 0.3) is 11.0 Å². The molecule has 1 aromatic carbocycles. The maximum atomic E-state index is 13.3. The van der Waals surface area contributed by atoms with E-state index in [1.807, 2.05) is 0 Å². The van der Waals surface area contributed by atoms with Gasteiger partial charge in [-0.3, -0.25) is 0 Å². The minimum atomic E-state index is -0.449. The number of benzene rings is 1. The number of hydrogen-bond donors (Lipinski definition) is 1. The second kappa shape index (κ2) is 3.90. The molecule has 2 aromatic rings. The summed E-state index contributed by atoms with van der Waals surface area (Å²) < 4.78 is 23.3. The van der Waals surface area contributed by atoms with Crippen LogP contribution in [0.1, 0.15) is 5.56 Å². The van der Waals surface area contributed by atoms with Crippen LogP contribution < -0.4 is 4.74 Å². The highest BCUT2D eigenvalue weighted by atomic mass is 19.1. The summed E-state index contributed by atoms with van der Waals surface area (Å²) in [5.74, 6) is -0.266. The molecule has 4 heteroatoms. The molecule has 15 heavy (non-hydrogen) atoms. The molecule has 0 bridgehead atoms. The molecule has 1 N–H and O–H groups in total. The molecule has 0 aliphatic heterocycles. The standard InChI is InChI=1S/C11H11FO3/c1-14-11-4-8-7(2-3-13)6-15-10(8)5-9(11)12/h4-6,13H,2-3H2,1H3. The lowest BCUT2D eigenvalue weighted by molar-refractivity contribution is 0.299. The lowest BCUT2D eigenvalue weighted by Crippen LogP contribution is -1.90. The highest BCUT2D eigenvalue weighted by Gasteiger charge is 2.10. The number of furan rings is 1. The maximum absolute atomic E-state index is 13.3. The number of ether oxygens (including phenoxy) is 1. The molecule has 0 radical (unpaired) electrons. The number of fused-ring (bicyclic) bond motifs is 1. The maximum Gasteiger partial charge on any atom is 0.168 e. The summed E-state index contributed by atoms with van der Waals surface area (Å²) in [6.07, 6.45) is 2.02. The SMILES string of the molecule is COc1cc2c(CCO)coc2cc1F. The van der Waals surface area contributed by atoms with Gasteiger partial charge in [0.05, 0.1) is 13.4 Å². The van der Waals surface area contributed by atoms with Crippen LogP contribution in [0.2, 0.25) is 0 Å². The summed E-state index contributed by atoms with van der Waals surface area (Å²) in [7, 11) is 1.41. The van der Waals surface area contributed by atoms with Crippen molar-refractivity contribution >= 4 is 11.0 Å². The monoisotopic (exact) mass is 210 g/mol. The van der Waals surface area contributed by atoms with Crippen LogP contribution in [0.4, 0.5) is 4.39 Å². The molecule has 1 heterocycles. The van der Waals surface area contributed by atoms with E-state index in [0.29, 0.717) is 12.0 Å². The van der Waals surface area contributed by atoms with E-state index in [2.05, 4.69) is 0 Å². The number of methoxy groups -OCH3 is 1. The first-order valence-corrected chi connectivity index (χ1v) is 4.60. The third kappa shape index (κ3) is 1.68. The van der Waals surface area contributed by atoms with Gasteiger partial charge in [0.2, 0.25) is 0 Å². The van der Waals surface area contributed by atoms with Crippen molar-refractivity contribution in [3.05, 3.63) is 29.8 Å². The normalized spacial score (nSPS) is 10.9. The smallest absolute Gasteiger partial charge is 0.168 e. The second-order valence-corrected chi connectivity index (χ2v) is 3.22. The Bertz CT molecular complexity index is 476. The van der Waals surface area contributed by atoms with Gasteiger partial charge >= 0.3 is 0 Å². The van der Waals surface area contributed by atoms with Crippen LogP contribution >= 0.6 is 0 Å². The Labute approximate surface area is 86.1 Å². The van der Waals surface area contributed by atoms with Gasteiger partial charge in [-0.05, 0) is 12.5 Å². The Morgan fingerprint density at radius 3 is 2.93 bits per heavy atom. The van der Waals surface area contributed by atoms with Gasteiger partial charge in [-0.1, -0.05) is 0 Å². The van der Waals surface area contributed by atoms with Crippen molar-refractivity contribution in [1.82, 2.24) is 0 Å². The summed E-state index contributed by atoms with van der Waals surface area (Å²) in [4.78, 5) is 0. The van der Waals surface area contributed by atoms with E-state index in [-0.39, 0.29) is 12.4 Å². The van der Waals surface area contributed by atoms with E-state index >= 15 is 0 Å². The predicted octanol–water partition coefficient (Wildman–Crippen LogP) is 2.12. The fourth-order valence-electron chi connectivity index (χ4n) is 1.55. The zero-order chi connectivity index (χ0) is 10.8. The van der Waals surface area contributed by atoms with Crippen LogP contribution in [0.15, 0.2) is 22.8 Å². The van der Waals surface area contributed by atoms with E-state index in [1.165, 1.54) is 19.4 Å². The minimum Gasteiger partial charge on any atom is -0.494 e. The largest absolute Gasteiger partial charge is 0.494 e. The van der Waals surface area contributed by atoms with Crippen molar-refractivity contribution < 1.29 is 18.7 Å². The Morgan fingerprint density at radius 1 is 1.47 bits per heavy atom. The number of aliphatic hydroxyl groups is 1. The van der Waals surface area contributed by atoms with Crippen LogP contribution in [-0.4, -0.2) is 18.8 Å². The molecule has 0 unspecified atom stereocenters. The summed E-state index contributed by atoms with van der Waals surface area (Å²) in [6.45, 7) is 0.0360. The molecule has 3 nitrogen and oxygen atoms in total. The summed E-state index contributed by atoms with van der Waals surface area (Å²) in [5, 5.41) is 9.61. The molecule has 80 valence electrons. The first kappa shape index (κ1) is 9.98. The molecule has 1 aromatic heterocycles. The summed E-state index contributed by atoms with van der Waals surface area (Å²) >= 11 is 0. The number of halogens is 1. The molecule has 0 spiro atoms. The molecular formula is C11H11FO3. The van der Waals surface area contributed by atoms with Crippen molar-refractivity contribution in [2.24, 2.45) is 0 Å². The summed E-state index contributed by atoms with van der Waals surface area (Å²) in [6, 6.07) is 2.87. The Morgan fingerprint density at radius 2 is 2.27 bits per heavy atom. The molecule has 2 rings (SSSR count). The second-order valence-electron chi connectivity index (χ2n) is 3.22. The van der Waals surface area contributed by atoms with Crippen LogP contribution in [0.3, 0.4) is 0 Å². The Hall–Kier alpha value is -1.55. The topological polar surface area (TPSA) is 42.6 Å². The quantitative estimate of drug-likeness (QED) is 0.843. The molecule has 0 atom stereocenters. The van der Waals surface area contributed by atoms with E-state index in [9.17, 15) is 4.39 Å². The zero-order valence-corrected chi connectivity index (χ0v) is 8.29. The third-order valence-corrected chi connectivity index (χ3v) is 2.31. The van der Waals surface area contributed by atoms with Crippen LogP contribution in [0, 0.1) is 5.82 Å². The lowest BCUT2D eigenvalue weighted by atomic mass is 10.1. The lowest BCUT2D eigenvalue weighted by Gasteiger charge is -2.01. The highest BCUT2D eigenvalue weighted by molar-refractivity contribution is 5.82. The zero-order valence-electron chi connectivity index (χ0n) is 8.29. The first-order valence-electron chi connectivity index (χ1n) is 4.60. The molecule has 0 aliphatic rings. The molecule has 0 fully saturated rings. The average molecular weight is 210 g/mol. The van der Waals surface area contributed by atoms with Gasteiger partial charge in [0.15, 0.2) is 11.6 Å². The van der Waals surface area contributed by atoms with Crippen molar-refractivity contribution in [2.45, 2.75) is 6.42 Å². The average Bonchev–Trinajstić information content (AvgIpc) is 2.60. The van der Waals surface area contributed by atoms with E-state index < -0.39 is 5.82 Å². The van der Waals surface area contributed by atoms with Gasteiger partial charge in [0.25, 0.3) is 0 Å². The number of rotatable bonds is 3. The molecular weight excluding hydrogens is 199 g/mol. The van der Waals surface area contributed by atoms with E-state index in [1.54, 1.807) is 6.07 Å². The van der Waals surface area contributed by atoms with Crippen LogP contribution in [-0.2, 0) is 6.42 Å². The Balaban J connectivity index is 2.58. The van der Waals surface area contributed by atoms with Gasteiger partial charge in [0, 0.05) is 23.6 Å². The van der Waals surface area contributed by atoms with E-state index in [4.69, 9.17) is 14.3 Å². The predicted molar refractivity (Wildman–Crippen MR) is 53.5 cm³/mol. The minimum absolute atomic E-state index is 0.0360. The van der Waals surface area contributed by atoms with Gasteiger partial charge < -0.3 is 14.3 Å². The molecule has 0 aliphatic carbocycles. The fraction of sp³-hybridized carbons (Fsp3) is 0.273.